The van der Waals surface area contributed by atoms with Crippen molar-refractivity contribution >= 4 is 32.9 Å². The van der Waals surface area contributed by atoms with Gasteiger partial charge in [0.25, 0.3) is 5.24 Å². The van der Waals surface area contributed by atoms with Crippen LogP contribution in [-0.2, 0) is 0 Å². The Balaban J connectivity index is 2.09. The fraction of sp³-hybridized carbons (Fsp3) is 0.857. The standard InChI is InChI=1S/C7H10BrNOS/c8-4-2-1-3-5-6(4)11-7(10)9-5/h4-6H,1-3H2,(H,9,10). The van der Waals surface area contributed by atoms with Crippen LogP contribution in [-0.4, -0.2) is 21.4 Å². The molecular weight excluding hydrogens is 226 g/mol. The van der Waals surface area contributed by atoms with Crippen LogP contribution in [0.15, 0.2) is 0 Å². The van der Waals surface area contributed by atoms with Crippen molar-refractivity contribution in [1.82, 2.24) is 5.32 Å². The van der Waals surface area contributed by atoms with E-state index < -0.39 is 0 Å². The van der Waals surface area contributed by atoms with Crippen LogP contribution in [0.4, 0.5) is 4.79 Å². The summed E-state index contributed by atoms with van der Waals surface area (Å²) in [6, 6.07) is 0.436. The summed E-state index contributed by atoms with van der Waals surface area (Å²) in [7, 11) is 0. The van der Waals surface area contributed by atoms with Gasteiger partial charge in [-0.1, -0.05) is 34.1 Å². The smallest absolute Gasteiger partial charge is 0.279 e. The Kier molecular flexibility index (Phi) is 2.14. The van der Waals surface area contributed by atoms with Crippen LogP contribution in [0.25, 0.3) is 0 Å². The highest BCUT2D eigenvalue weighted by Crippen LogP contribution is 2.37. The number of fused-ring (bicyclic) bond motifs is 1. The first-order valence-corrected chi connectivity index (χ1v) is 5.68. The molecule has 1 saturated carbocycles. The molecule has 1 amide bonds. The van der Waals surface area contributed by atoms with Crippen LogP contribution in [0.5, 0.6) is 0 Å². The fourth-order valence-corrected chi connectivity index (χ4v) is 3.87. The minimum atomic E-state index is 0.159. The largest absolute Gasteiger partial charge is 0.343 e. The van der Waals surface area contributed by atoms with Crippen LogP contribution in [0.1, 0.15) is 19.3 Å². The van der Waals surface area contributed by atoms with E-state index in [1.807, 2.05) is 0 Å². The van der Waals surface area contributed by atoms with E-state index in [9.17, 15) is 4.79 Å². The van der Waals surface area contributed by atoms with Gasteiger partial charge in [0, 0.05) is 16.1 Å². The van der Waals surface area contributed by atoms with Gasteiger partial charge in [-0.05, 0) is 12.8 Å². The van der Waals surface area contributed by atoms with Gasteiger partial charge in [0.2, 0.25) is 0 Å². The van der Waals surface area contributed by atoms with Gasteiger partial charge in [-0.2, -0.15) is 0 Å². The first-order chi connectivity index (χ1) is 5.27. The Morgan fingerprint density at radius 1 is 1.55 bits per heavy atom. The number of rotatable bonds is 0. The second-order valence-electron chi connectivity index (χ2n) is 3.07. The molecule has 1 N–H and O–H groups in total. The fourth-order valence-electron chi connectivity index (χ4n) is 1.73. The van der Waals surface area contributed by atoms with Crippen molar-refractivity contribution in [2.24, 2.45) is 0 Å². The molecule has 1 saturated heterocycles. The number of thioether (sulfide) groups is 1. The van der Waals surface area contributed by atoms with Crippen molar-refractivity contribution in [2.75, 3.05) is 0 Å². The summed E-state index contributed by atoms with van der Waals surface area (Å²) in [6.45, 7) is 0. The number of halogens is 1. The molecule has 2 aliphatic rings. The lowest BCUT2D eigenvalue weighted by Crippen LogP contribution is -2.38. The van der Waals surface area contributed by atoms with E-state index in [1.54, 1.807) is 0 Å². The van der Waals surface area contributed by atoms with E-state index >= 15 is 0 Å². The quantitative estimate of drug-likeness (QED) is 0.653. The SMILES string of the molecule is O=C1NC2CCCC(Br)C2S1. The van der Waals surface area contributed by atoms with Crippen molar-refractivity contribution in [2.45, 2.75) is 35.4 Å². The Hall–Kier alpha value is 0.300. The van der Waals surface area contributed by atoms with Crippen molar-refractivity contribution < 1.29 is 4.79 Å². The van der Waals surface area contributed by atoms with Crippen LogP contribution in [0.2, 0.25) is 0 Å². The Morgan fingerprint density at radius 3 is 3.09 bits per heavy atom. The molecule has 0 radical (unpaired) electrons. The summed E-state index contributed by atoms with van der Waals surface area (Å²) in [5, 5.41) is 3.62. The number of carbonyl (C=O) groups is 1. The topological polar surface area (TPSA) is 29.1 Å². The van der Waals surface area contributed by atoms with Crippen LogP contribution >= 0.6 is 27.7 Å². The Labute approximate surface area is 78.6 Å². The number of carbonyl (C=O) groups excluding carboxylic acids is 1. The minimum Gasteiger partial charge on any atom is -0.343 e. The highest BCUT2D eigenvalue weighted by molar-refractivity contribution is 9.09. The summed E-state index contributed by atoms with van der Waals surface area (Å²) >= 11 is 5.07. The van der Waals surface area contributed by atoms with Gasteiger partial charge in [-0.15, -0.1) is 0 Å². The molecule has 1 aliphatic heterocycles. The molecule has 0 aromatic rings. The third-order valence-electron chi connectivity index (χ3n) is 2.29. The maximum absolute atomic E-state index is 11.0. The number of nitrogens with one attached hydrogen (secondary N) is 1. The summed E-state index contributed by atoms with van der Waals surface area (Å²) in [5.74, 6) is 0. The normalized spacial score (nSPS) is 43.4. The van der Waals surface area contributed by atoms with Gasteiger partial charge in [0.05, 0.1) is 0 Å². The average Bonchev–Trinajstić information content (AvgIpc) is 2.31. The van der Waals surface area contributed by atoms with Gasteiger partial charge >= 0.3 is 0 Å². The molecule has 0 bridgehead atoms. The molecule has 4 heteroatoms. The van der Waals surface area contributed by atoms with Gasteiger partial charge in [0.15, 0.2) is 0 Å². The third-order valence-corrected chi connectivity index (χ3v) is 4.93. The molecule has 1 aliphatic carbocycles. The average molecular weight is 236 g/mol. The zero-order valence-electron chi connectivity index (χ0n) is 6.05. The van der Waals surface area contributed by atoms with Crippen LogP contribution in [0, 0.1) is 0 Å². The molecule has 3 atom stereocenters. The van der Waals surface area contributed by atoms with Crippen molar-refractivity contribution in [3.63, 3.8) is 0 Å². The lowest BCUT2D eigenvalue weighted by atomic mass is 9.95. The summed E-state index contributed by atoms with van der Waals surface area (Å²) < 4.78 is 0. The first-order valence-electron chi connectivity index (χ1n) is 3.88. The molecule has 2 fully saturated rings. The third kappa shape index (κ3) is 1.43. The van der Waals surface area contributed by atoms with Crippen molar-refractivity contribution in [1.29, 1.82) is 0 Å². The first kappa shape index (κ1) is 7.92. The van der Waals surface area contributed by atoms with Gasteiger partial charge < -0.3 is 5.32 Å². The Morgan fingerprint density at radius 2 is 2.36 bits per heavy atom. The monoisotopic (exact) mass is 235 g/mol. The lowest BCUT2D eigenvalue weighted by Gasteiger charge is -2.27. The molecule has 2 nitrogen and oxygen atoms in total. The van der Waals surface area contributed by atoms with Crippen LogP contribution in [0.3, 0.4) is 0 Å². The van der Waals surface area contributed by atoms with Gasteiger partial charge in [-0.3, -0.25) is 4.79 Å². The second-order valence-corrected chi connectivity index (χ2v) is 5.39. The van der Waals surface area contributed by atoms with Gasteiger partial charge in [0.1, 0.15) is 0 Å². The molecule has 0 aromatic heterocycles. The minimum absolute atomic E-state index is 0.159. The summed E-state index contributed by atoms with van der Waals surface area (Å²) in [4.78, 5) is 11.5. The molecule has 11 heavy (non-hydrogen) atoms. The summed E-state index contributed by atoms with van der Waals surface area (Å²) in [6.07, 6.45) is 3.60. The molecule has 1 heterocycles. The predicted octanol–water partition coefficient (Wildman–Crippen LogP) is 2.13. The number of hydrogen-bond donors (Lipinski definition) is 1. The maximum Gasteiger partial charge on any atom is 0.279 e. The maximum atomic E-state index is 11.0. The molecule has 62 valence electrons. The van der Waals surface area contributed by atoms with E-state index in [0.717, 1.165) is 6.42 Å². The van der Waals surface area contributed by atoms with Crippen molar-refractivity contribution in [3.8, 4) is 0 Å². The van der Waals surface area contributed by atoms with Crippen LogP contribution < -0.4 is 5.32 Å². The Bertz CT molecular complexity index is 187. The second kappa shape index (κ2) is 2.98. The van der Waals surface area contributed by atoms with E-state index in [2.05, 4.69) is 21.2 Å². The van der Waals surface area contributed by atoms with E-state index in [1.165, 1.54) is 24.6 Å². The van der Waals surface area contributed by atoms with Gasteiger partial charge in [-0.25, -0.2) is 0 Å². The van der Waals surface area contributed by atoms with E-state index in [-0.39, 0.29) is 5.24 Å². The zero-order valence-corrected chi connectivity index (χ0v) is 8.45. The van der Waals surface area contributed by atoms with E-state index in [4.69, 9.17) is 0 Å². The highest BCUT2D eigenvalue weighted by Gasteiger charge is 2.39. The molecule has 2 rings (SSSR count). The lowest BCUT2D eigenvalue weighted by molar-refractivity contribution is 0.258. The predicted molar refractivity (Wildman–Crippen MR) is 50.3 cm³/mol. The molecular formula is C7H10BrNOS. The summed E-state index contributed by atoms with van der Waals surface area (Å²) in [5.41, 5.74) is 0. The molecule has 3 unspecified atom stereocenters. The zero-order chi connectivity index (χ0) is 7.84. The highest BCUT2D eigenvalue weighted by atomic mass is 79.9. The number of amides is 1. The molecule has 0 spiro atoms. The molecule has 0 aromatic carbocycles. The number of hydrogen-bond acceptors (Lipinski definition) is 2. The van der Waals surface area contributed by atoms with Crippen molar-refractivity contribution in [3.05, 3.63) is 0 Å². The van der Waals surface area contributed by atoms with E-state index in [0.29, 0.717) is 16.1 Å². The number of alkyl halides is 1.